The van der Waals surface area contributed by atoms with Gasteiger partial charge in [0.05, 0.1) is 11.4 Å². The number of phenols is 1. The Kier molecular flexibility index (Phi) is 5.86. The van der Waals surface area contributed by atoms with Crippen LogP contribution in [0.4, 0.5) is 0 Å². The minimum Gasteiger partial charge on any atom is -0.508 e. The van der Waals surface area contributed by atoms with E-state index >= 15 is 0 Å². The normalized spacial score (nSPS) is 14.6. The SMILES string of the molecule is Cc1cc(-c2cc(-c3cccc(C(=O)N4CCC(CO)CC4)c3)nc(=O)[nH]2)ccc1O. The van der Waals surface area contributed by atoms with Crippen molar-refractivity contribution in [1.82, 2.24) is 14.9 Å². The monoisotopic (exact) mass is 419 g/mol. The smallest absolute Gasteiger partial charge is 0.345 e. The van der Waals surface area contributed by atoms with E-state index in [1.54, 1.807) is 54.3 Å². The molecule has 1 aliphatic heterocycles. The molecule has 3 N–H and O–H groups in total. The summed E-state index contributed by atoms with van der Waals surface area (Å²) >= 11 is 0. The molecule has 0 unspecified atom stereocenters. The number of nitrogens with zero attached hydrogens (tertiary/aromatic N) is 2. The number of aromatic amines is 1. The molecule has 160 valence electrons. The molecule has 1 aromatic heterocycles. The first-order valence-corrected chi connectivity index (χ1v) is 10.4. The maximum absolute atomic E-state index is 13.0. The Morgan fingerprint density at radius 2 is 1.90 bits per heavy atom. The largest absolute Gasteiger partial charge is 0.508 e. The fourth-order valence-corrected chi connectivity index (χ4v) is 3.90. The molecule has 2 aromatic carbocycles. The zero-order chi connectivity index (χ0) is 22.0. The van der Waals surface area contributed by atoms with Crippen molar-refractivity contribution in [3.05, 3.63) is 70.1 Å². The number of amides is 1. The van der Waals surface area contributed by atoms with E-state index in [-0.39, 0.29) is 24.2 Å². The molecule has 0 radical (unpaired) electrons. The number of carbonyl (C=O) groups excluding carboxylic acids is 1. The van der Waals surface area contributed by atoms with E-state index in [2.05, 4.69) is 9.97 Å². The third kappa shape index (κ3) is 4.51. The van der Waals surface area contributed by atoms with Crippen molar-refractivity contribution < 1.29 is 15.0 Å². The Hall–Kier alpha value is -3.45. The number of hydrogen-bond donors (Lipinski definition) is 3. The van der Waals surface area contributed by atoms with Crippen molar-refractivity contribution in [2.24, 2.45) is 5.92 Å². The van der Waals surface area contributed by atoms with Gasteiger partial charge in [0.2, 0.25) is 0 Å². The predicted molar refractivity (Wildman–Crippen MR) is 118 cm³/mol. The summed E-state index contributed by atoms with van der Waals surface area (Å²) in [6.45, 7) is 3.20. The van der Waals surface area contributed by atoms with Gasteiger partial charge in [-0.25, -0.2) is 4.79 Å². The Bertz CT molecular complexity index is 1160. The Morgan fingerprint density at radius 3 is 2.61 bits per heavy atom. The van der Waals surface area contributed by atoms with E-state index in [0.29, 0.717) is 41.2 Å². The molecule has 1 aliphatic rings. The standard InChI is InChI=1S/C24H25N3O4/c1-15-11-18(5-6-22(15)29)21-13-20(25-24(31)26-21)17-3-2-4-19(12-17)23(30)27-9-7-16(14-28)8-10-27/h2-6,11-13,16,28-29H,7-10,14H2,1H3,(H,25,26,31). The summed E-state index contributed by atoms with van der Waals surface area (Å²) in [6, 6.07) is 14.0. The highest BCUT2D eigenvalue weighted by Crippen LogP contribution is 2.27. The molecule has 0 saturated carbocycles. The molecule has 0 aliphatic carbocycles. The Labute approximate surface area is 180 Å². The number of aryl methyl sites for hydroxylation is 1. The van der Waals surface area contributed by atoms with Crippen LogP contribution in [-0.2, 0) is 0 Å². The highest BCUT2D eigenvalue weighted by molar-refractivity contribution is 5.95. The van der Waals surface area contributed by atoms with Crippen molar-refractivity contribution in [3.63, 3.8) is 0 Å². The zero-order valence-electron chi connectivity index (χ0n) is 17.3. The van der Waals surface area contributed by atoms with Gasteiger partial charge in [-0.05, 0) is 73.2 Å². The third-order valence-corrected chi connectivity index (χ3v) is 5.82. The molecule has 31 heavy (non-hydrogen) atoms. The summed E-state index contributed by atoms with van der Waals surface area (Å²) < 4.78 is 0. The van der Waals surface area contributed by atoms with E-state index in [1.165, 1.54) is 0 Å². The van der Waals surface area contributed by atoms with Crippen molar-refractivity contribution in [2.45, 2.75) is 19.8 Å². The second-order valence-corrected chi connectivity index (χ2v) is 7.99. The molecule has 0 atom stereocenters. The molecular formula is C24H25N3O4. The lowest BCUT2D eigenvalue weighted by atomic mass is 9.97. The van der Waals surface area contributed by atoms with E-state index in [9.17, 15) is 19.8 Å². The van der Waals surface area contributed by atoms with E-state index in [4.69, 9.17) is 0 Å². The lowest BCUT2D eigenvalue weighted by molar-refractivity contribution is 0.0651. The maximum Gasteiger partial charge on any atom is 0.345 e. The minimum absolute atomic E-state index is 0.0579. The number of H-pyrrole nitrogens is 1. The van der Waals surface area contributed by atoms with Crippen molar-refractivity contribution >= 4 is 5.91 Å². The zero-order valence-corrected chi connectivity index (χ0v) is 17.3. The number of likely N-dealkylation sites (tertiary alicyclic amines) is 1. The fraction of sp³-hybridized carbons (Fsp3) is 0.292. The minimum atomic E-state index is -0.485. The second-order valence-electron chi connectivity index (χ2n) is 7.99. The van der Waals surface area contributed by atoms with Gasteiger partial charge in [-0.2, -0.15) is 4.98 Å². The molecule has 4 rings (SSSR count). The van der Waals surface area contributed by atoms with Crippen LogP contribution in [0, 0.1) is 12.8 Å². The number of nitrogens with one attached hydrogen (secondary N) is 1. The quantitative estimate of drug-likeness (QED) is 0.603. The maximum atomic E-state index is 13.0. The highest BCUT2D eigenvalue weighted by atomic mass is 16.3. The predicted octanol–water partition coefficient (Wildman–Crippen LogP) is 2.96. The lowest BCUT2D eigenvalue weighted by Crippen LogP contribution is -2.39. The van der Waals surface area contributed by atoms with Crippen LogP contribution in [0.3, 0.4) is 0 Å². The van der Waals surface area contributed by atoms with Gasteiger partial charge < -0.3 is 20.1 Å². The van der Waals surface area contributed by atoms with Crippen LogP contribution < -0.4 is 5.69 Å². The summed E-state index contributed by atoms with van der Waals surface area (Å²) in [7, 11) is 0. The summed E-state index contributed by atoms with van der Waals surface area (Å²) in [5.41, 5.74) is 3.26. The molecular weight excluding hydrogens is 394 g/mol. The molecule has 7 nitrogen and oxygen atoms in total. The van der Waals surface area contributed by atoms with Crippen molar-refractivity contribution in [2.75, 3.05) is 19.7 Å². The lowest BCUT2D eigenvalue weighted by Gasteiger charge is -2.31. The van der Waals surface area contributed by atoms with Crippen molar-refractivity contribution in [3.8, 4) is 28.3 Å². The number of phenolic OH excluding ortho intramolecular Hbond substituents is 1. The van der Waals surface area contributed by atoms with Gasteiger partial charge in [0.25, 0.3) is 5.91 Å². The van der Waals surface area contributed by atoms with Gasteiger partial charge in [0, 0.05) is 30.8 Å². The highest BCUT2D eigenvalue weighted by Gasteiger charge is 2.23. The summed E-state index contributed by atoms with van der Waals surface area (Å²) in [5, 5.41) is 19.1. The first-order valence-electron chi connectivity index (χ1n) is 10.4. The number of hydrogen-bond acceptors (Lipinski definition) is 5. The van der Waals surface area contributed by atoms with Crippen molar-refractivity contribution in [1.29, 1.82) is 0 Å². The number of aliphatic hydroxyl groups is 1. The topological polar surface area (TPSA) is 107 Å². The molecule has 0 bridgehead atoms. The second kappa shape index (κ2) is 8.73. The molecule has 0 spiro atoms. The van der Waals surface area contributed by atoms with Gasteiger partial charge in [-0.1, -0.05) is 12.1 Å². The van der Waals surface area contributed by atoms with Gasteiger partial charge in [0.15, 0.2) is 0 Å². The summed E-state index contributed by atoms with van der Waals surface area (Å²) in [4.78, 5) is 33.8. The number of aromatic hydroxyl groups is 1. The summed E-state index contributed by atoms with van der Waals surface area (Å²) in [6.07, 6.45) is 1.60. The molecule has 2 heterocycles. The van der Waals surface area contributed by atoms with Gasteiger partial charge in [0.1, 0.15) is 5.75 Å². The number of aromatic nitrogens is 2. The van der Waals surface area contributed by atoms with Gasteiger partial charge in [-0.15, -0.1) is 0 Å². The average molecular weight is 419 g/mol. The Morgan fingerprint density at radius 1 is 1.13 bits per heavy atom. The number of piperidine rings is 1. The summed E-state index contributed by atoms with van der Waals surface area (Å²) in [5.74, 6) is 0.393. The van der Waals surface area contributed by atoms with Crippen LogP contribution in [0.2, 0.25) is 0 Å². The van der Waals surface area contributed by atoms with E-state index in [0.717, 1.165) is 18.4 Å². The van der Waals surface area contributed by atoms with Gasteiger partial charge in [-0.3, -0.25) is 4.79 Å². The van der Waals surface area contributed by atoms with Crippen LogP contribution in [0.1, 0.15) is 28.8 Å². The molecule has 1 fully saturated rings. The van der Waals surface area contributed by atoms with Crippen LogP contribution in [0.15, 0.2) is 53.3 Å². The number of aliphatic hydroxyl groups excluding tert-OH is 1. The van der Waals surface area contributed by atoms with Crippen LogP contribution in [0.25, 0.3) is 22.5 Å². The third-order valence-electron chi connectivity index (χ3n) is 5.82. The van der Waals surface area contributed by atoms with E-state index < -0.39 is 5.69 Å². The molecule has 1 amide bonds. The average Bonchev–Trinajstić information content (AvgIpc) is 2.80. The molecule has 1 saturated heterocycles. The number of rotatable bonds is 4. The van der Waals surface area contributed by atoms with Crippen LogP contribution in [-0.4, -0.2) is 50.7 Å². The first kappa shape index (κ1) is 20.8. The van der Waals surface area contributed by atoms with E-state index in [1.807, 2.05) is 6.07 Å². The van der Waals surface area contributed by atoms with Gasteiger partial charge >= 0.3 is 5.69 Å². The fourth-order valence-electron chi connectivity index (χ4n) is 3.90. The number of carbonyl (C=O) groups is 1. The molecule has 3 aromatic rings. The Balaban J connectivity index is 1.63. The first-order chi connectivity index (χ1) is 14.9. The number of benzene rings is 2. The molecule has 7 heteroatoms. The van der Waals surface area contributed by atoms with Crippen LogP contribution >= 0.6 is 0 Å². The van der Waals surface area contributed by atoms with Crippen LogP contribution in [0.5, 0.6) is 5.75 Å².